The number of hydrogen-bond donors (Lipinski definition) is 2. The summed E-state index contributed by atoms with van der Waals surface area (Å²) in [4.78, 5) is 26.1. The molecule has 200 valence electrons. The van der Waals surface area contributed by atoms with Gasteiger partial charge in [0, 0.05) is 40.0 Å². The molecule has 1 unspecified atom stereocenters. The lowest BCUT2D eigenvalue weighted by molar-refractivity contribution is 0.0918. The standard InChI is InChI=1S/C30H28FN3O4S/c1-30(2,3)33-28(35)19-8-6-7-18(15-19)22-16-23-24(29(36)32-4)26(17-9-11-20(31)12-10-17)38-27(23)21-13-14-34(25(21)22)39(5)37/h6-16H,1-5H3,(H,32,36)(H,33,35). The van der Waals surface area contributed by atoms with E-state index in [0.29, 0.717) is 55.4 Å². The van der Waals surface area contributed by atoms with Crippen molar-refractivity contribution in [3.63, 3.8) is 0 Å². The molecule has 5 aromatic rings. The van der Waals surface area contributed by atoms with E-state index in [1.54, 1.807) is 52.8 Å². The number of carbonyl (C=O) groups is 2. The number of aromatic nitrogens is 1. The van der Waals surface area contributed by atoms with Crippen LogP contribution in [0.15, 0.2) is 71.3 Å². The van der Waals surface area contributed by atoms with Gasteiger partial charge in [-0.3, -0.25) is 9.59 Å². The zero-order chi connectivity index (χ0) is 28.1. The molecular weight excluding hydrogens is 517 g/mol. The Morgan fingerprint density at radius 2 is 1.69 bits per heavy atom. The number of halogens is 1. The molecule has 2 N–H and O–H groups in total. The van der Waals surface area contributed by atoms with Crippen LogP contribution in [0.2, 0.25) is 0 Å². The van der Waals surface area contributed by atoms with Crippen molar-refractivity contribution in [1.29, 1.82) is 0 Å². The first-order valence-corrected chi connectivity index (χ1v) is 13.9. The number of nitrogens with zero attached hydrogens (tertiary/aromatic N) is 1. The molecule has 0 fully saturated rings. The molecule has 0 aliphatic heterocycles. The molecule has 9 heteroatoms. The van der Waals surface area contributed by atoms with E-state index in [-0.39, 0.29) is 11.8 Å². The molecule has 3 aromatic carbocycles. The lowest BCUT2D eigenvalue weighted by atomic mass is 9.96. The van der Waals surface area contributed by atoms with E-state index in [1.807, 2.05) is 32.9 Å². The Morgan fingerprint density at radius 1 is 0.974 bits per heavy atom. The second-order valence-electron chi connectivity index (χ2n) is 10.3. The fraction of sp³-hybridized carbons (Fsp3) is 0.200. The van der Waals surface area contributed by atoms with Crippen LogP contribution in [0.5, 0.6) is 0 Å². The fourth-order valence-corrected chi connectivity index (χ4v) is 5.37. The number of rotatable bonds is 5. The average Bonchev–Trinajstić information content (AvgIpc) is 3.49. The predicted octanol–water partition coefficient (Wildman–Crippen LogP) is 5.89. The molecule has 0 saturated heterocycles. The van der Waals surface area contributed by atoms with Crippen LogP contribution in [0.25, 0.3) is 44.3 Å². The second kappa shape index (κ2) is 9.91. The molecule has 0 radical (unpaired) electrons. The Kier molecular flexibility index (Phi) is 6.74. The first-order chi connectivity index (χ1) is 18.5. The van der Waals surface area contributed by atoms with Gasteiger partial charge in [0.15, 0.2) is 0 Å². The van der Waals surface area contributed by atoms with Crippen LogP contribution in [-0.4, -0.2) is 39.2 Å². The van der Waals surface area contributed by atoms with Gasteiger partial charge in [0.2, 0.25) is 0 Å². The summed E-state index contributed by atoms with van der Waals surface area (Å²) in [5.41, 5.74) is 3.37. The Bertz CT molecular complexity index is 1730. The number of amides is 2. The van der Waals surface area contributed by atoms with Crippen molar-refractivity contribution < 1.29 is 22.9 Å². The molecule has 0 saturated carbocycles. The Morgan fingerprint density at radius 3 is 2.33 bits per heavy atom. The lowest BCUT2D eigenvalue weighted by Crippen LogP contribution is -2.40. The van der Waals surface area contributed by atoms with Gasteiger partial charge in [-0.1, -0.05) is 12.1 Å². The van der Waals surface area contributed by atoms with E-state index in [0.717, 1.165) is 0 Å². The summed E-state index contributed by atoms with van der Waals surface area (Å²) in [5.74, 6) is -0.690. The molecule has 0 aliphatic carbocycles. The summed E-state index contributed by atoms with van der Waals surface area (Å²) in [6.45, 7) is 5.73. The van der Waals surface area contributed by atoms with E-state index in [9.17, 15) is 18.5 Å². The molecule has 0 aliphatic rings. The molecule has 2 heterocycles. The maximum absolute atomic E-state index is 13.7. The normalized spacial score (nSPS) is 12.6. The summed E-state index contributed by atoms with van der Waals surface area (Å²) in [6.07, 6.45) is 3.28. The summed E-state index contributed by atoms with van der Waals surface area (Å²) in [7, 11) is 1.53. The molecular formula is C30H28FN3O4S. The molecule has 2 aromatic heterocycles. The van der Waals surface area contributed by atoms with Crippen molar-refractivity contribution >= 4 is 45.0 Å². The van der Waals surface area contributed by atoms with Crippen molar-refractivity contribution in [3.05, 3.63) is 83.8 Å². The van der Waals surface area contributed by atoms with Crippen LogP contribution in [-0.2, 0) is 11.4 Å². The molecule has 0 spiro atoms. The fourth-order valence-electron chi connectivity index (χ4n) is 4.69. The highest BCUT2D eigenvalue weighted by Crippen LogP contribution is 2.42. The number of hydrogen-bond acceptors (Lipinski definition) is 4. The third kappa shape index (κ3) is 4.91. The summed E-state index contributed by atoms with van der Waals surface area (Å²) in [6, 6.07) is 16.5. The summed E-state index contributed by atoms with van der Waals surface area (Å²) in [5, 5.41) is 6.85. The molecule has 7 nitrogen and oxygen atoms in total. The number of nitrogens with one attached hydrogen (secondary N) is 2. The van der Waals surface area contributed by atoms with Crippen molar-refractivity contribution in [3.8, 4) is 22.5 Å². The molecule has 39 heavy (non-hydrogen) atoms. The van der Waals surface area contributed by atoms with E-state index in [2.05, 4.69) is 10.6 Å². The SMILES string of the molecule is CNC(=O)c1c(-c2ccc(F)cc2)oc2c1cc(-c1cccc(C(=O)NC(C)(C)C)c1)c1c2ccn1[S+](C)[O-]. The smallest absolute Gasteiger partial charge is 0.255 e. The van der Waals surface area contributed by atoms with Gasteiger partial charge in [-0.15, -0.1) is 0 Å². The second-order valence-corrected chi connectivity index (χ2v) is 11.5. The third-order valence-electron chi connectivity index (χ3n) is 6.35. The van der Waals surface area contributed by atoms with Gasteiger partial charge in [-0.25, -0.2) is 4.39 Å². The minimum absolute atomic E-state index is 0.218. The number of furan rings is 1. The molecule has 5 rings (SSSR count). The minimum atomic E-state index is -1.40. The van der Waals surface area contributed by atoms with E-state index < -0.39 is 22.7 Å². The summed E-state index contributed by atoms with van der Waals surface area (Å²) >= 11 is -1.40. The zero-order valence-electron chi connectivity index (χ0n) is 22.2. The minimum Gasteiger partial charge on any atom is -0.593 e. The lowest BCUT2D eigenvalue weighted by Gasteiger charge is -2.20. The predicted molar refractivity (Wildman–Crippen MR) is 153 cm³/mol. The van der Waals surface area contributed by atoms with Crippen molar-refractivity contribution in [2.45, 2.75) is 26.3 Å². The monoisotopic (exact) mass is 545 g/mol. The van der Waals surface area contributed by atoms with Gasteiger partial charge in [0.05, 0.1) is 23.1 Å². The maximum atomic E-state index is 13.7. The number of fused-ring (bicyclic) bond motifs is 3. The van der Waals surface area contributed by atoms with Crippen LogP contribution >= 0.6 is 0 Å². The van der Waals surface area contributed by atoms with Gasteiger partial charge in [-0.2, -0.15) is 3.97 Å². The van der Waals surface area contributed by atoms with Crippen LogP contribution in [0.3, 0.4) is 0 Å². The van der Waals surface area contributed by atoms with Crippen LogP contribution in [0.1, 0.15) is 41.5 Å². The molecule has 1 atom stereocenters. The largest absolute Gasteiger partial charge is 0.593 e. The highest BCUT2D eigenvalue weighted by atomic mass is 32.2. The Hall–Kier alpha value is -4.08. The number of carbonyl (C=O) groups excluding carboxylic acids is 2. The van der Waals surface area contributed by atoms with Crippen LogP contribution in [0.4, 0.5) is 4.39 Å². The van der Waals surface area contributed by atoms with E-state index >= 15 is 0 Å². The number of benzene rings is 3. The van der Waals surface area contributed by atoms with Crippen LogP contribution < -0.4 is 10.6 Å². The van der Waals surface area contributed by atoms with Crippen molar-refractivity contribution in [2.75, 3.05) is 13.3 Å². The molecule has 2 amide bonds. The topological polar surface area (TPSA) is 99.3 Å². The van der Waals surface area contributed by atoms with Gasteiger partial charge in [0.1, 0.15) is 28.9 Å². The van der Waals surface area contributed by atoms with Crippen molar-refractivity contribution in [1.82, 2.24) is 14.6 Å². The summed E-state index contributed by atoms with van der Waals surface area (Å²) < 4.78 is 34.3. The van der Waals surface area contributed by atoms with E-state index in [4.69, 9.17) is 4.42 Å². The Labute approximate surface area is 228 Å². The highest BCUT2D eigenvalue weighted by molar-refractivity contribution is 7.89. The quantitative estimate of drug-likeness (QED) is 0.269. The van der Waals surface area contributed by atoms with Gasteiger partial charge in [-0.05, 0) is 74.9 Å². The third-order valence-corrected chi connectivity index (χ3v) is 7.21. The van der Waals surface area contributed by atoms with Gasteiger partial charge >= 0.3 is 0 Å². The Balaban J connectivity index is 1.82. The zero-order valence-corrected chi connectivity index (χ0v) is 23.0. The first kappa shape index (κ1) is 26.5. The van der Waals surface area contributed by atoms with E-state index in [1.165, 1.54) is 19.2 Å². The maximum Gasteiger partial charge on any atom is 0.255 e. The average molecular weight is 546 g/mol. The highest BCUT2D eigenvalue weighted by Gasteiger charge is 2.27. The van der Waals surface area contributed by atoms with Gasteiger partial charge < -0.3 is 19.6 Å². The van der Waals surface area contributed by atoms with Crippen LogP contribution in [0, 0.1) is 5.82 Å². The first-order valence-electron chi connectivity index (χ1n) is 12.3. The van der Waals surface area contributed by atoms with Crippen molar-refractivity contribution in [2.24, 2.45) is 0 Å². The molecule has 0 bridgehead atoms. The van der Waals surface area contributed by atoms with Gasteiger partial charge in [0.25, 0.3) is 11.8 Å².